The number of hydrogen-bond donors (Lipinski definition) is 1. The van der Waals surface area contributed by atoms with Crippen LogP contribution in [0.15, 0.2) is 24.3 Å². The summed E-state index contributed by atoms with van der Waals surface area (Å²) in [5, 5.41) is 0.790. The Bertz CT molecular complexity index is 353. The zero-order valence-electron chi connectivity index (χ0n) is 11.1. The first-order chi connectivity index (χ1) is 8.68. The second-order valence-corrected chi connectivity index (χ2v) is 5.74. The van der Waals surface area contributed by atoms with Crippen molar-refractivity contribution in [1.82, 2.24) is 4.90 Å². The van der Waals surface area contributed by atoms with Crippen LogP contribution in [0.2, 0.25) is 5.02 Å². The van der Waals surface area contributed by atoms with E-state index in [0.717, 1.165) is 18.1 Å². The predicted molar refractivity (Wildman–Crippen MR) is 77.9 cm³/mol. The average Bonchev–Trinajstić information content (AvgIpc) is 2.60. The van der Waals surface area contributed by atoms with Gasteiger partial charge in [0.15, 0.2) is 0 Å². The maximum atomic E-state index is 6.21. The molecule has 2 atom stereocenters. The van der Waals surface area contributed by atoms with E-state index in [1.165, 1.54) is 31.2 Å². The van der Waals surface area contributed by atoms with E-state index in [-0.39, 0.29) is 6.04 Å². The molecule has 18 heavy (non-hydrogen) atoms. The normalized spacial score (nSPS) is 21.3. The van der Waals surface area contributed by atoms with Crippen molar-refractivity contribution in [2.24, 2.45) is 5.73 Å². The van der Waals surface area contributed by atoms with Crippen LogP contribution in [-0.2, 0) is 0 Å². The molecule has 1 heterocycles. The van der Waals surface area contributed by atoms with Crippen LogP contribution in [0, 0.1) is 0 Å². The summed E-state index contributed by atoms with van der Waals surface area (Å²) >= 11 is 5.96. The number of nitrogens with two attached hydrogens (primary N) is 1. The molecule has 2 nitrogen and oxygen atoms in total. The monoisotopic (exact) mass is 266 g/mol. The van der Waals surface area contributed by atoms with Gasteiger partial charge in [0, 0.05) is 17.1 Å². The van der Waals surface area contributed by atoms with Gasteiger partial charge in [-0.15, -0.1) is 0 Å². The van der Waals surface area contributed by atoms with Gasteiger partial charge in [0.25, 0.3) is 0 Å². The molecule has 100 valence electrons. The lowest BCUT2D eigenvalue weighted by Crippen LogP contribution is -2.40. The Morgan fingerprint density at radius 3 is 2.11 bits per heavy atom. The Morgan fingerprint density at radius 2 is 1.61 bits per heavy atom. The van der Waals surface area contributed by atoms with Crippen molar-refractivity contribution in [2.75, 3.05) is 13.1 Å². The fourth-order valence-electron chi connectivity index (χ4n) is 2.88. The minimum Gasteiger partial charge on any atom is -0.326 e. The molecule has 2 unspecified atom stereocenters. The Kier molecular flexibility index (Phi) is 5.04. The van der Waals surface area contributed by atoms with Crippen LogP contribution in [0.5, 0.6) is 0 Å². The van der Waals surface area contributed by atoms with Gasteiger partial charge in [0.2, 0.25) is 0 Å². The largest absolute Gasteiger partial charge is 0.326 e. The first-order valence-electron chi connectivity index (χ1n) is 6.93. The number of halogens is 1. The third-order valence-electron chi connectivity index (χ3n) is 3.74. The van der Waals surface area contributed by atoms with Crippen molar-refractivity contribution in [1.29, 1.82) is 0 Å². The molecular weight excluding hydrogens is 244 g/mol. The third kappa shape index (κ3) is 3.47. The summed E-state index contributed by atoms with van der Waals surface area (Å²) in [4.78, 5) is 2.54. The first-order valence-corrected chi connectivity index (χ1v) is 7.31. The van der Waals surface area contributed by atoms with Crippen LogP contribution in [0.4, 0.5) is 0 Å². The van der Waals surface area contributed by atoms with Crippen LogP contribution in [-0.4, -0.2) is 24.0 Å². The Morgan fingerprint density at radius 1 is 1.06 bits per heavy atom. The number of hydrogen-bond acceptors (Lipinski definition) is 2. The standard InChI is InChI=1S/C15H23ClN2/c1-12(17)15(13-6-8-14(16)9-7-13)18-10-4-2-3-5-11-18/h6-9,12,15H,2-5,10-11,17H2,1H3. The number of benzene rings is 1. The fourth-order valence-corrected chi connectivity index (χ4v) is 3.01. The van der Waals surface area contributed by atoms with E-state index >= 15 is 0 Å². The quantitative estimate of drug-likeness (QED) is 0.906. The van der Waals surface area contributed by atoms with Crippen LogP contribution >= 0.6 is 11.6 Å². The van der Waals surface area contributed by atoms with Crippen molar-refractivity contribution in [3.05, 3.63) is 34.9 Å². The minimum absolute atomic E-state index is 0.143. The van der Waals surface area contributed by atoms with Gasteiger partial charge in [0.1, 0.15) is 0 Å². The molecule has 0 saturated carbocycles. The Labute approximate surface area is 115 Å². The van der Waals surface area contributed by atoms with Crippen LogP contribution in [0.3, 0.4) is 0 Å². The zero-order chi connectivity index (χ0) is 13.0. The molecular formula is C15H23ClN2. The van der Waals surface area contributed by atoms with Crippen molar-refractivity contribution in [2.45, 2.75) is 44.7 Å². The molecule has 1 aromatic carbocycles. The maximum Gasteiger partial charge on any atom is 0.0496 e. The van der Waals surface area contributed by atoms with Crippen molar-refractivity contribution in [3.8, 4) is 0 Å². The Balaban J connectivity index is 2.18. The zero-order valence-corrected chi connectivity index (χ0v) is 11.9. The fraction of sp³-hybridized carbons (Fsp3) is 0.600. The molecule has 2 N–H and O–H groups in total. The molecule has 1 aliphatic heterocycles. The van der Waals surface area contributed by atoms with Crippen LogP contribution in [0.25, 0.3) is 0 Å². The SMILES string of the molecule is CC(N)C(c1ccc(Cl)cc1)N1CCCCCC1. The molecule has 0 aliphatic carbocycles. The molecule has 0 bridgehead atoms. The van der Waals surface area contributed by atoms with E-state index in [4.69, 9.17) is 17.3 Å². The second kappa shape index (κ2) is 6.55. The number of nitrogens with zero attached hydrogens (tertiary/aromatic N) is 1. The summed E-state index contributed by atoms with van der Waals surface area (Å²) in [6.45, 7) is 4.42. The summed E-state index contributed by atoms with van der Waals surface area (Å²) in [6, 6.07) is 8.61. The summed E-state index contributed by atoms with van der Waals surface area (Å²) in [7, 11) is 0. The highest BCUT2D eigenvalue weighted by molar-refractivity contribution is 6.30. The van der Waals surface area contributed by atoms with E-state index in [1.54, 1.807) is 0 Å². The molecule has 0 aromatic heterocycles. The van der Waals surface area contributed by atoms with E-state index in [9.17, 15) is 0 Å². The molecule has 1 saturated heterocycles. The molecule has 3 heteroatoms. The second-order valence-electron chi connectivity index (χ2n) is 5.31. The lowest BCUT2D eigenvalue weighted by atomic mass is 9.99. The lowest BCUT2D eigenvalue weighted by molar-refractivity contribution is 0.183. The van der Waals surface area contributed by atoms with E-state index in [2.05, 4.69) is 24.0 Å². The highest BCUT2D eigenvalue weighted by atomic mass is 35.5. The van der Waals surface area contributed by atoms with Gasteiger partial charge in [-0.3, -0.25) is 4.90 Å². The van der Waals surface area contributed by atoms with E-state index in [1.807, 2.05) is 12.1 Å². The minimum atomic E-state index is 0.143. The van der Waals surface area contributed by atoms with Gasteiger partial charge < -0.3 is 5.73 Å². The molecule has 0 radical (unpaired) electrons. The van der Waals surface area contributed by atoms with Gasteiger partial charge >= 0.3 is 0 Å². The van der Waals surface area contributed by atoms with Gasteiger partial charge in [-0.1, -0.05) is 36.6 Å². The molecule has 0 spiro atoms. The van der Waals surface area contributed by atoms with Crippen LogP contribution in [0.1, 0.15) is 44.2 Å². The average molecular weight is 267 g/mol. The first kappa shape index (κ1) is 13.9. The highest BCUT2D eigenvalue weighted by Crippen LogP contribution is 2.27. The van der Waals surface area contributed by atoms with Crippen LogP contribution < -0.4 is 5.73 Å². The number of rotatable bonds is 3. The van der Waals surface area contributed by atoms with Gasteiger partial charge in [0.05, 0.1) is 0 Å². The predicted octanol–water partition coefficient (Wildman–Crippen LogP) is 3.60. The highest BCUT2D eigenvalue weighted by Gasteiger charge is 2.24. The molecule has 2 rings (SSSR count). The Hall–Kier alpha value is -0.570. The van der Waals surface area contributed by atoms with Crippen molar-refractivity contribution >= 4 is 11.6 Å². The van der Waals surface area contributed by atoms with E-state index in [0.29, 0.717) is 6.04 Å². The lowest BCUT2D eigenvalue weighted by Gasteiger charge is -2.33. The molecule has 1 aliphatic rings. The smallest absolute Gasteiger partial charge is 0.0496 e. The van der Waals surface area contributed by atoms with Gasteiger partial charge in [-0.2, -0.15) is 0 Å². The number of likely N-dealkylation sites (tertiary alicyclic amines) is 1. The maximum absolute atomic E-state index is 6.21. The molecule has 0 amide bonds. The van der Waals surface area contributed by atoms with E-state index < -0.39 is 0 Å². The summed E-state index contributed by atoms with van der Waals surface area (Å²) in [6.07, 6.45) is 5.28. The summed E-state index contributed by atoms with van der Waals surface area (Å²) < 4.78 is 0. The molecule has 1 fully saturated rings. The summed E-state index contributed by atoms with van der Waals surface area (Å²) in [5.41, 5.74) is 7.50. The van der Waals surface area contributed by atoms with Crippen molar-refractivity contribution in [3.63, 3.8) is 0 Å². The van der Waals surface area contributed by atoms with Gasteiger partial charge in [-0.05, 0) is 50.6 Å². The third-order valence-corrected chi connectivity index (χ3v) is 4.00. The summed E-state index contributed by atoms with van der Waals surface area (Å²) in [5.74, 6) is 0. The molecule has 1 aromatic rings. The van der Waals surface area contributed by atoms with Crippen molar-refractivity contribution < 1.29 is 0 Å². The van der Waals surface area contributed by atoms with Gasteiger partial charge in [-0.25, -0.2) is 0 Å². The topological polar surface area (TPSA) is 29.3 Å².